The minimum Gasteiger partial charge on any atom is -0.304 e. The lowest BCUT2D eigenvalue weighted by Gasteiger charge is -2.07. The fraction of sp³-hybridized carbons (Fsp3) is 0.125. The number of benzene rings is 2. The largest absolute Gasteiger partial charge is 0.304 e. The highest BCUT2D eigenvalue weighted by Gasteiger charge is 2.30. The van der Waals surface area contributed by atoms with E-state index in [0.29, 0.717) is 26.7 Å². The molecule has 3 nitrogen and oxygen atoms in total. The maximum Gasteiger partial charge on any atom is 0.239 e. The van der Waals surface area contributed by atoms with Crippen LogP contribution >= 0.6 is 46.6 Å². The number of halogens is 3. The van der Waals surface area contributed by atoms with Gasteiger partial charge in [-0.15, -0.1) is 0 Å². The number of carbonyl (C=O) groups is 1. The SMILES string of the molecule is O=C1NC(=Nc2ccc(Cl)cc2)S[C@H]1Cc1cc(Cl)ccc1Cl. The molecule has 1 N–H and O–H groups in total. The highest BCUT2D eigenvalue weighted by molar-refractivity contribution is 8.15. The molecule has 0 aromatic heterocycles. The smallest absolute Gasteiger partial charge is 0.239 e. The molecule has 1 amide bonds. The van der Waals surface area contributed by atoms with Gasteiger partial charge in [0.15, 0.2) is 5.17 Å². The minimum absolute atomic E-state index is 0.0845. The van der Waals surface area contributed by atoms with Gasteiger partial charge in [0.2, 0.25) is 5.91 Å². The molecule has 2 aromatic rings. The van der Waals surface area contributed by atoms with Crippen molar-refractivity contribution in [1.82, 2.24) is 5.32 Å². The Labute approximate surface area is 153 Å². The van der Waals surface area contributed by atoms with E-state index in [9.17, 15) is 4.79 Å². The number of aliphatic imine (C=N–C) groups is 1. The van der Waals surface area contributed by atoms with Gasteiger partial charge >= 0.3 is 0 Å². The van der Waals surface area contributed by atoms with Crippen molar-refractivity contribution in [2.24, 2.45) is 4.99 Å². The Morgan fingerprint density at radius 1 is 1.04 bits per heavy atom. The van der Waals surface area contributed by atoms with Crippen LogP contribution in [0.2, 0.25) is 15.1 Å². The quantitative estimate of drug-likeness (QED) is 0.798. The van der Waals surface area contributed by atoms with E-state index in [1.807, 2.05) is 0 Å². The average Bonchev–Trinajstić information content (AvgIpc) is 2.85. The topological polar surface area (TPSA) is 41.5 Å². The minimum atomic E-state index is -0.281. The summed E-state index contributed by atoms with van der Waals surface area (Å²) in [6.45, 7) is 0. The van der Waals surface area contributed by atoms with Crippen molar-refractivity contribution in [2.75, 3.05) is 0 Å². The van der Waals surface area contributed by atoms with Crippen molar-refractivity contribution in [2.45, 2.75) is 11.7 Å². The predicted molar refractivity (Wildman–Crippen MR) is 98.2 cm³/mol. The van der Waals surface area contributed by atoms with Gasteiger partial charge in [-0.2, -0.15) is 0 Å². The summed E-state index contributed by atoms with van der Waals surface area (Å²) in [5.41, 5.74) is 1.58. The number of hydrogen-bond donors (Lipinski definition) is 1. The summed E-state index contributed by atoms with van der Waals surface area (Å²) in [7, 11) is 0. The third-order valence-corrected chi connectivity index (χ3v) is 5.18. The summed E-state index contributed by atoms with van der Waals surface area (Å²) >= 11 is 19.4. The number of carbonyl (C=O) groups excluding carboxylic acids is 1. The van der Waals surface area contributed by atoms with Crippen molar-refractivity contribution in [3.63, 3.8) is 0 Å². The van der Waals surface area contributed by atoms with Crippen LogP contribution in [0, 0.1) is 0 Å². The van der Waals surface area contributed by atoms with E-state index in [0.717, 1.165) is 11.3 Å². The molecule has 1 heterocycles. The molecule has 118 valence electrons. The first-order chi connectivity index (χ1) is 11.0. The highest BCUT2D eigenvalue weighted by Crippen LogP contribution is 2.29. The van der Waals surface area contributed by atoms with Gasteiger partial charge in [-0.3, -0.25) is 4.79 Å². The first-order valence-corrected chi connectivity index (χ1v) is 8.78. The summed E-state index contributed by atoms with van der Waals surface area (Å²) < 4.78 is 0. The van der Waals surface area contributed by atoms with E-state index in [2.05, 4.69) is 10.3 Å². The molecular formula is C16H11Cl3N2OS. The number of thioether (sulfide) groups is 1. The van der Waals surface area contributed by atoms with Crippen LogP contribution in [0.1, 0.15) is 5.56 Å². The van der Waals surface area contributed by atoms with Gasteiger partial charge in [-0.05, 0) is 54.4 Å². The predicted octanol–water partition coefficient (Wildman–Crippen LogP) is 5.11. The van der Waals surface area contributed by atoms with E-state index in [4.69, 9.17) is 34.8 Å². The molecule has 1 fully saturated rings. The normalized spacial score (nSPS) is 19.2. The maximum absolute atomic E-state index is 12.1. The van der Waals surface area contributed by atoms with Crippen LogP contribution in [0.5, 0.6) is 0 Å². The standard InChI is InChI=1S/C16H11Cl3N2OS/c17-10-1-4-12(5-2-10)20-16-21-15(22)14(23-16)8-9-7-11(18)3-6-13(9)19/h1-7,14H,8H2,(H,20,21,22)/t14-/m0/s1. The molecule has 0 unspecified atom stereocenters. The fourth-order valence-electron chi connectivity index (χ4n) is 2.12. The lowest BCUT2D eigenvalue weighted by molar-refractivity contribution is -0.118. The Morgan fingerprint density at radius 3 is 2.48 bits per heavy atom. The summed E-state index contributed by atoms with van der Waals surface area (Å²) in [5.74, 6) is -0.0845. The molecular weight excluding hydrogens is 375 g/mol. The van der Waals surface area contributed by atoms with Crippen molar-refractivity contribution in [3.8, 4) is 0 Å². The Hall–Kier alpha value is -1.20. The molecule has 7 heteroatoms. The van der Waals surface area contributed by atoms with Crippen LogP contribution in [-0.2, 0) is 11.2 Å². The van der Waals surface area contributed by atoms with E-state index >= 15 is 0 Å². The van der Waals surface area contributed by atoms with Gasteiger partial charge in [0, 0.05) is 15.1 Å². The van der Waals surface area contributed by atoms with Crippen LogP contribution in [0.25, 0.3) is 0 Å². The van der Waals surface area contributed by atoms with Gasteiger partial charge in [0.1, 0.15) is 0 Å². The van der Waals surface area contributed by atoms with Gasteiger partial charge in [-0.25, -0.2) is 4.99 Å². The third kappa shape index (κ3) is 4.21. The van der Waals surface area contributed by atoms with Gasteiger partial charge in [-0.1, -0.05) is 46.6 Å². The Bertz CT molecular complexity index is 777. The lowest BCUT2D eigenvalue weighted by atomic mass is 10.1. The summed E-state index contributed by atoms with van der Waals surface area (Å²) in [6, 6.07) is 12.3. The molecule has 1 atom stereocenters. The first-order valence-electron chi connectivity index (χ1n) is 6.77. The Kier molecular flexibility index (Phi) is 5.17. The fourth-order valence-corrected chi connectivity index (χ4v) is 3.66. The van der Waals surface area contributed by atoms with E-state index in [1.54, 1.807) is 42.5 Å². The monoisotopic (exact) mass is 384 g/mol. The van der Waals surface area contributed by atoms with Crippen LogP contribution in [0.4, 0.5) is 5.69 Å². The number of amides is 1. The number of nitrogens with zero attached hydrogens (tertiary/aromatic N) is 1. The molecule has 2 aromatic carbocycles. The number of amidine groups is 1. The number of rotatable bonds is 3. The van der Waals surface area contributed by atoms with E-state index < -0.39 is 0 Å². The molecule has 0 bridgehead atoms. The molecule has 1 aliphatic rings. The summed E-state index contributed by atoms with van der Waals surface area (Å²) in [5, 5.41) is 4.92. The Balaban J connectivity index is 1.74. The first kappa shape index (κ1) is 16.7. The molecule has 0 saturated carbocycles. The van der Waals surface area contributed by atoms with Crippen molar-refractivity contribution in [1.29, 1.82) is 0 Å². The molecule has 1 aliphatic heterocycles. The second-order valence-electron chi connectivity index (χ2n) is 4.93. The molecule has 3 rings (SSSR count). The molecule has 23 heavy (non-hydrogen) atoms. The zero-order chi connectivity index (χ0) is 16.4. The molecule has 1 saturated heterocycles. The maximum atomic E-state index is 12.1. The third-order valence-electron chi connectivity index (χ3n) is 3.25. The molecule has 0 radical (unpaired) electrons. The second kappa shape index (κ2) is 7.14. The van der Waals surface area contributed by atoms with Crippen LogP contribution < -0.4 is 5.32 Å². The zero-order valence-electron chi connectivity index (χ0n) is 11.7. The van der Waals surface area contributed by atoms with E-state index in [-0.39, 0.29) is 11.2 Å². The lowest BCUT2D eigenvalue weighted by Crippen LogP contribution is -2.26. The average molecular weight is 386 g/mol. The van der Waals surface area contributed by atoms with Crippen LogP contribution in [0.15, 0.2) is 47.5 Å². The molecule has 0 spiro atoms. The van der Waals surface area contributed by atoms with Gasteiger partial charge in [0.25, 0.3) is 0 Å². The van der Waals surface area contributed by atoms with Gasteiger partial charge in [0.05, 0.1) is 10.9 Å². The van der Waals surface area contributed by atoms with Crippen molar-refractivity contribution >= 4 is 63.3 Å². The second-order valence-corrected chi connectivity index (χ2v) is 7.40. The van der Waals surface area contributed by atoms with Crippen LogP contribution in [-0.4, -0.2) is 16.3 Å². The summed E-state index contributed by atoms with van der Waals surface area (Å²) in [6.07, 6.45) is 0.496. The number of hydrogen-bond acceptors (Lipinski definition) is 3. The van der Waals surface area contributed by atoms with Gasteiger partial charge < -0.3 is 5.32 Å². The Morgan fingerprint density at radius 2 is 1.74 bits per heavy atom. The number of nitrogens with one attached hydrogen (secondary N) is 1. The van der Waals surface area contributed by atoms with Crippen LogP contribution in [0.3, 0.4) is 0 Å². The van der Waals surface area contributed by atoms with Crippen molar-refractivity contribution in [3.05, 3.63) is 63.1 Å². The van der Waals surface area contributed by atoms with Crippen molar-refractivity contribution < 1.29 is 4.79 Å². The highest BCUT2D eigenvalue weighted by atomic mass is 35.5. The summed E-state index contributed by atoms with van der Waals surface area (Å²) in [4.78, 5) is 16.5. The molecule has 0 aliphatic carbocycles. The zero-order valence-corrected chi connectivity index (χ0v) is 14.8. The van der Waals surface area contributed by atoms with E-state index in [1.165, 1.54) is 11.8 Å².